The Morgan fingerprint density at radius 2 is 1.93 bits per heavy atom. The molecule has 0 aliphatic carbocycles. The maximum atomic E-state index is 11.3. The van der Waals surface area contributed by atoms with Gasteiger partial charge in [-0.1, -0.05) is 12.1 Å². The number of carbonyl (C=O) groups excluding carboxylic acids is 1. The normalized spacial score (nSPS) is 11.4. The van der Waals surface area contributed by atoms with E-state index in [-0.39, 0.29) is 5.91 Å². The Bertz CT molecular complexity index is 370. The van der Waals surface area contributed by atoms with Gasteiger partial charge in [0.15, 0.2) is 0 Å². The molecule has 0 aliphatic heterocycles. The summed E-state index contributed by atoms with van der Waals surface area (Å²) < 4.78 is 0. The number of nitrogen functional groups attached to an aromatic ring is 1. The topological polar surface area (TPSA) is 69.1 Å². The summed E-state index contributed by atoms with van der Waals surface area (Å²) in [7, 11) is 0. The Labute approximate surface area is 84.1 Å². The summed E-state index contributed by atoms with van der Waals surface area (Å²) in [6.07, 6.45) is 0. The molecule has 0 spiro atoms. The van der Waals surface area contributed by atoms with Gasteiger partial charge < -0.3 is 11.5 Å². The maximum Gasteiger partial charge on any atom is 0.227 e. The first-order valence-electron chi connectivity index (χ1n) is 4.53. The summed E-state index contributed by atoms with van der Waals surface area (Å²) in [5, 5.41) is 0. The highest BCUT2D eigenvalue weighted by Gasteiger charge is 2.29. The fourth-order valence-electron chi connectivity index (χ4n) is 1.46. The second kappa shape index (κ2) is 3.33. The predicted molar refractivity (Wildman–Crippen MR) is 57.8 cm³/mol. The van der Waals surface area contributed by atoms with Crippen molar-refractivity contribution in [3.8, 4) is 0 Å². The Balaban J connectivity index is 3.33. The standard InChI is InChI=1S/C11H16N2O/c1-7-8(5-4-6-9(7)12)11(2,3)10(13)14/h4-6H,12H2,1-3H3,(H2,13,14). The van der Waals surface area contributed by atoms with E-state index in [1.165, 1.54) is 0 Å². The van der Waals surface area contributed by atoms with E-state index in [2.05, 4.69) is 0 Å². The van der Waals surface area contributed by atoms with Crippen LogP contribution in [0.25, 0.3) is 0 Å². The van der Waals surface area contributed by atoms with Crippen LogP contribution in [0, 0.1) is 6.92 Å². The number of carbonyl (C=O) groups is 1. The third kappa shape index (κ3) is 1.58. The zero-order chi connectivity index (χ0) is 10.9. The highest BCUT2D eigenvalue weighted by Crippen LogP contribution is 2.28. The van der Waals surface area contributed by atoms with E-state index in [9.17, 15) is 4.79 Å². The van der Waals surface area contributed by atoms with Crippen molar-refractivity contribution in [2.45, 2.75) is 26.2 Å². The molecule has 0 radical (unpaired) electrons. The SMILES string of the molecule is Cc1c(N)cccc1C(C)(C)C(N)=O. The third-order valence-corrected chi connectivity index (χ3v) is 2.67. The molecule has 0 unspecified atom stereocenters. The Morgan fingerprint density at radius 3 is 2.43 bits per heavy atom. The average molecular weight is 192 g/mol. The van der Waals surface area contributed by atoms with Gasteiger partial charge in [-0.2, -0.15) is 0 Å². The Hall–Kier alpha value is -1.51. The molecule has 76 valence electrons. The molecule has 0 aliphatic rings. The van der Waals surface area contributed by atoms with Gasteiger partial charge in [-0.05, 0) is 38.0 Å². The average Bonchev–Trinajstić information content (AvgIpc) is 2.09. The monoisotopic (exact) mass is 192 g/mol. The first-order valence-corrected chi connectivity index (χ1v) is 4.53. The van der Waals surface area contributed by atoms with Crippen LogP contribution in [0.3, 0.4) is 0 Å². The first-order chi connectivity index (χ1) is 6.37. The van der Waals surface area contributed by atoms with E-state index >= 15 is 0 Å². The van der Waals surface area contributed by atoms with E-state index < -0.39 is 5.41 Å². The Morgan fingerprint density at radius 1 is 1.36 bits per heavy atom. The molecule has 0 saturated carbocycles. The smallest absolute Gasteiger partial charge is 0.227 e. The van der Waals surface area contributed by atoms with Gasteiger partial charge in [0.2, 0.25) is 5.91 Å². The van der Waals surface area contributed by atoms with Gasteiger partial charge in [0.1, 0.15) is 0 Å². The number of hydrogen-bond acceptors (Lipinski definition) is 2. The highest BCUT2D eigenvalue weighted by molar-refractivity contribution is 5.86. The van der Waals surface area contributed by atoms with Crippen LogP contribution in [-0.2, 0) is 10.2 Å². The lowest BCUT2D eigenvalue weighted by molar-refractivity contribution is -0.122. The van der Waals surface area contributed by atoms with Crippen LogP contribution in [0.15, 0.2) is 18.2 Å². The van der Waals surface area contributed by atoms with Crippen molar-refractivity contribution in [2.75, 3.05) is 5.73 Å². The fraction of sp³-hybridized carbons (Fsp3) is 0.364. The van der Waals surface area contributed by atoms with Crippen LogP contribution in [0.5, 0.6) is 0 Å². The molecule has 3 nitrogen and oxygen atoms in total. The van der Waals surface area contributed by atoms with Gasteiger partial charge in [-0.3, -0.25) is 4.79 Å². The summed E-state index contributed by atoms with van der Waals surface area (Å²) in [6.45, 7) is 5.50. The maximum absolute atomic E-state index is 11.3. The second-order valence-corrected chi connectivity index (χ2v) is 4.01. The van der Waals surface area contributed by atoms with Crippen LogP contribution in [0.1, 0.15) is 25.0 Å². The molecule has 1 aromatic rings. The molecule has 3 heteroatoms. The van der Waals surface area contributed by atoms with Crippen molar-refractivity contribution >= 4 is 11.6 Å². The molecule has 14 heavy (non-hydrogen) atoms. The minimum atomic E-state index is -0.667. The summed E-state index contributed by atoms with van der Waals surface area (Å²) in [6, 6.07) is 5.54. The van der Waals surface area contributed by atoms with Crippen molar-refractivity contribution in [2.24, 2.45) is 5.73 Å². The van der Waals surface area contributed by atoms with E-state index in [0.29, 0.717) is 5.69 Å². The molecule has 1 aromatic carbocycles. The van der Waals surface area contributed by atoms with Gasteiger partial charge in [-0.15, -0.1) is 0 Å². The lowest BCUT2D eigenvalue weighted by Crippen LogP contribution is -2.36. The van der Waals surface area contributed by atoms with Gasteiger partial charge in [0.25, 0.3) is 0 Å². The minimum Gasteiger partial charge on any atom is -0.399 e. The number of rotatable bonds is 2. The minimum absolute atomic E-state index is 0.341. The van der Waals surface area contributed by atoms with Crippen LogP contribution in [-0.4, -0.2) is 5.91 Å². The van der Waals surface area contributed by atoms with Crippen LogP contribution in [0.4, 0.5) is 5.69 Å². The molecule has 0 bridgehead atoms. The molecule has 0 saturated heterocycles. The third-order valence-electron chi connectivity index (χ3n) is 2.67. The molecule has 1 amide bonds. The fourth-order valence-corrected chi connectivity index (χ4v) is 1.46. The van der Waals surface area contributed by atoms with Gasteiger partial charge >= 0.3 is 0 Å². The number of amides is 1. The van der Waals surface area contributed by atoms with Crippen molar-refractivity contribution in [1.29, 1.82) is 0 Å². The molecule has 1 rings (SSSR count). The van der Waals surface area contributed by atoms with Crippen LogP contribution < -0.4 is 11.5 Å². The zero-order valence-corrected chi connectivity index (χ0v) is 8.79. The van der Waals surface area contributed by atoms with E-state index in [1.807, 2.05) is 25.1 Å². The molecule has 4 N–H and O–H groups in total. The van der Waals surface area contributed by atoms with Crippen molar-refractivity contribution in [3.05, 3.63) is 29.3 Å². The van der Waals surface area contributed by atoms with Crippen molar-refractivity contribution < 1.29 is 4.79 Å². The van der Waals surface area contributed by atoms with Crippen LogP contribution >= 0.6 is 0 Å². The van der Waals surface area contributed by atoms with E-state index in [1.54, 1.807) is 13.8 Å². The number of hydrogen-bond donors (Lipinski definition) is 2. The molecule has 0 aromatic heterocycles. The molecule has 0 heterocycles. The number of benzene rings is 1. The lowest BCUT2D eigenvalue weighted by Gasteiger charge is -2.23. The van der Waals surface area contributed by atoms with Gasteiger partial charge in [0, 0.05) is 5.69 Å². The van der Waals surface area contributed by atoms with Crippen LogP contribution in [0.2, 0.25) is 0 Å². The first kappa shape index (κ1) is 10.6. The van der Waals surface area contributed by atoms with Crippen molar-refractivity contribution in [3.63, 3.8) is 0 Å². The van der Waals surface area contributed by atoms with Gasteiger partial charge in [0.05, 0.1) is 5.41 Å². The van der Waals surface area contributed by atoms with E-state index in [4.69, 9.17) is 11.5 Å². The molecular formula is C11H16N2O. The predicted octanol–water partition coefficient (Wildman–Crippen LogP) is 1.34. The summed E-state index contributed by atoms with van der Waals surface area (Å²) in [5.74, 6) is -0.341. The van der Waals surface area contributed by atoms with Gasteiger partial charge in [-0.25, -0.2) is 0 Å². The zero-order valence-electron chi connectivity index (χ0n) is 8.79. The second-order valence-electron chi connectivity index (χ2n) is 4.01. The highest BCUT2D eigenvalue weighted by atomic mass is 16.1. The quantitative estimate of drug-likeness (QED) is 0.694. The van der Waals surface area contributed by atoms with E-state index in [0.717, 1.165) is 11.1 Å². The number of anilines is 1. The Kier molecular flexibility index (Phi) is 2.51. The summed E-state index contributed by atoms with van der Waals surface area (Å²) >= 11 is 0. The summed E-state index contributed by atoms with van der Waals surface area (Å²) in [5.41, 5.74) is 13.0. The lowest BCUT2D eigenvalue weighted by atomic mass is 9.81. The number of nitrogens with two attached hydrogens (primary N) is 2. The summed E-state index contributed by atoms with van der Waals surface area (Å²) in [4.78, 5) is 11.3. The largest absolute Gasteiger partial charge is 0.399 e. The molecule has 0 fully saturated rings. The molecular weight excluding hydrogens is 176 g/mol. The molecule has 0 atom stereocenters. The van der Waals surface area contributed by atoms with Crippen molar-refractivity contribution in [1.82, 2.24) is 0 Å². The number of primary amides is 1.